The molecule has 0 unspecified atom stereocenters. The fraction of sp³-hybridized carbons (Fsp3) is 0.182. The van der Waals surface area contributed by atoms with Crippen molar-refractivity contribution in [3.8, 4) is 10.4 Å². The quantitative estimate of drug-likeness (QED) is 0.669. The van der Waals surface area contributed by atoms with E-state index in [4.69, 9.17) is 0 Å². The minimum Gasteiger partial charge on any atom is -0.249 e. The summed E-state index contributed by atoms with van der Waals surface area (Å²) in [5.41, 5.74) is 5.65. The van der Waals surface area contributed by atoms with Gasteiger partial charge >= 0.3 is 0 Å². The maximum Gasteiger partial charge on any atom is 0.0801 e. The molecule has 0 saturated carbocycles. The maximum atomic E-state index is 4.25. The topological polar surface area (TPSA) is 12.9 Å². The summed E-state index contributed by atoms with van der Waals surface area (Å²) in [4.78, 5) is 5.54. The summed E-state index contributed by atoms with van der Waals surface area (Å²) < 4.78 is 0. The molecule has 1 aromatic carbocycles. The van der Waals surface area contributed by atoms with Gasteiger partial charge in [0.15, 0.2) is 0 Å². The molecule has 1 nitrogen and oxygen atoms in total. The summed E-state index contributed by atoms with van der Waals surface area (Å²) in [5, 5.41) is 0. The Labute approximate surface area is 82.1 Å². The van der Waals surface area contributed by atoms with Gasteiger partial charge in [0.25, 0.3) is 0 Å². The molecule has 2 aromatic rings. The molecule has 0 bridgehead atoms. The van der Waals surface area contributed by atoms with Gasteiger partial charge in [-0.1, -0.05) is 24.3 Å². The maximum absolute atomic E-state index is 4.25. The molecular formula is C11H11NS. The van der Waals surface area contributed by atoms with E-state index in [0.717, 1.165) is 5.69 Å². The second kappa shape index (κ2) is 3.30. The van der Waals surface area contributed by atoms with E-state index >= 15 is 0 Å². The molecule has 1 heterocycles. The van der Waals surface area contributed by atoms with Gasteiger partial charge < -0.3 is 0 Å². The van der Waals surface area contributed by atoms with E-state index in [1.807, 2.05) is 5.51 Å². The Morgan fingerprint density at radius 1 is 1.15 bits per heavy atom. The summed E-state index contributed by atoms with van der Waals surface area (Å²) in [5.74, 6) is 0. The van der Waals surface area contributed by atoms with E-state index in [0.29, 0.717) is 0 Å². The number of aromatic nitrogens is 1. The van der Waals surface area contributed by atoms with Crippen molar-refractivity contribution in [2.24, 2.45) is 0 Å². The first-order chi connectivity index (χ1) is 6.29. The van der Waals surface area contributed by atoms with Crippen molar-refractivity contribution >= 4 is 11.3 Å². The van der Waals surface area contributed by atoms with E-state index in [2.05, 4.69) is 43.1 Å². The predicted octanol–water partition coefficient (Wildman–Crippen LogP) is 3.43. The zero-order valence-corrected chi connectivity index (χ0v) is 8.56. The number of nitrogens with zero attached hydrogens (tertiary/aromatic N) is 1. The molecule has 0 saturated heterocycles. The Balaban J connectivity index is 2.59. The minimum atomic E-state index is 1.12. The molecule has 0 amide bonds. The lowest BCUT2D eigenvalue weighted by Gasteiger charge is -2.02. The van der Waals surface area contributed by atoms with Crippen molar-refractivity contribution < 1.29 is 0 Å². The SMILES string of the molecule is Cc1ccccc1-c1scnc1C. The molecule has 0 N–H and O–H groups in total. The molecule has 0 spiro atoms. The van der Waals surface area contributed by atoms with Crippen LogP contribution in [0.1, 0.15) is 11.3 Å². The number of rotatable bonds is 1. The molecule has 2 rings (SSSR count). The first kappa shape index (κ1) is 8.45. The van der Waals surface area contributed by atoms with Gasteiger partial charge in [-0.2, -0.15) is 0 Å². The molecule has 0 atom stereocenters. The average Bonchev–Trinajstić information content (AvgIpc) is 2.52. The van der Waals surface area contributed by atoms with Crippen molar-refractivity contribution in [1.29, 1.82) is 0 Å². The minimum absolute atomic E-state index is 1.12. The highest BCUT2D eigenvalue weighted by Gasteiger charge is 2.05. The zero-order valence-electron chi connectivity index (χ0n) is 7.74. The Morgan fingerprint density at radius 3 is 2.54 bits per heavy atom. The molecule has 0 aliphatic rings. The fourth-order valence-electron chi connectivity index (χ4n) is 1.39. The summed E-state index contributed by atoms with van der Waals surface area (Å²) in [6, 6.07) is 8.42. The summed E-state index contributed by atoms with van der Waals surface area (Å²) in [7, 11) is 0. The number of hydrogen-bond donors (Lipinski definition) is 0. The number of aryl methyl sites for hydroxylation is 2. The van der Waals surface area contributed by atoms with Crippen molar-refractivity contribution in [2.75, 3.05) is 0 Å². The van der Waals surface area contributed by atoms with Crippen LogP contribution in [-0.4, -0.2) is 4.98 Å². The molecular weight excluding hydrogens is 178 g/mol. The normalized spacial score (nSPS) is 10.3. The Kier molecular flexibility index (Phi) is 2.15. The van der Waals surface area contributed by atoms with Crippen molar-refractivity contribution in [3.63, 3.8) is 0 Å². The fourth-order valence-corrected chi connectivity index (χ4v) is 2.28. The predicted molar refractivity (Wildman–Crippen MR) is 57.0 cm³/mol. The molecule has 0 fully saturated rings. The third-order valence-corrected chi connectivity index (χ3v) is 3.10. The van der Waals surface area contributed by atoms with Gasteiger partial charge in [-0.05, 0) is 25.0 Å². The monoisotopic (exact) mass is 189 g/mol. The van der Waals surface area contributed by atoms with Gasteiger partial charge in [0.2, 0.25) is 0 Å². The highest BCUT2D eigenvalue weighted by atomic mass is 32.1. The van der Waals surface area contributed by atoms with Gasteiger partial charge in [-0.15, -0.1) is 11.3 Å². The summed E-state index contributed by atoms with van der Waals surface area (Å²) >= 11 is 1.71. The van der Waals surface area contributed by atoms with E-state index in [1.165, 1.54) is 16.0 Å². The highest BCUT2D eigenvalue weighted by molar-refractivity contribution is 7.13. The van der Waals surface area contributed by atoms with Crippen molar-refractivity contribution in [2.45, 2.75) is 13.8 Å². The summed E-state index contributed by atoms with van der Waals surface area (Å²) in [6.07, 6.45) is 0. The van der Waals surface area contributed by atoms with Crippen LogP contribution in [0.15, 0.2) is 29.8 Å². The van der Waals surface area contributed by atoms with Gasteiger partial charge in [-0.25, -0.2) is 4.98 Å². The Bertz CT molecular complexity index is 418. The van der Waals surface area contributed by atoms with Crippen LogP contribution in [0.25, 0.3) is 10.4 Å². The van der Waals surface area contributed by atoms with Gasteiger partial charge in [0, 0.05) is 0 Å². The van der Waals surface area contributed by atoms with Crippen LogP contribution < -0.4 is 0 Å². The second-order valence-corrected chi connectivity index (χ2v) is 3.94. The third kappa shape index (κ3) is 1.49. The zero-order chi connectivity index (χ0) is 9.26. The third-order valence-electron chi connectivity index (χ3n) is 2.14. The highest BCUT2D eigenvalue weighted by Crippen LogP contribution is 2.29. The molecule has 2 heteroatoms. The van der Waals surface area contributed by atoms with Crippen molar-refractivity contribution in [3.05, 3.63) is 41.0 Å². The molecule has 66 valence electrons. The number of benzene rings is 1. The molecule has 0 radical (unpaired) electrons. The Morgan fingerprint density at radius 2 is 1.92 bits per heavy atom. The lowest BCUT2D eigenvalue weighted by molar-refractivity contribution is 1.26. The van der Waals surface area contributed by atoms with Crippen LogP contribution in [-0.2, 0) is 0 Å². The van der Waals surface area contributed by atoms with Gasteiger partial charge in [0.1, 0.15) is 0 Å². The van der Waals surface area contributed by atoms with Crippen LogP contribution in [0.2, 0.25) is 0 Å². The smallest absolute Gasteiger partial charge is 0.0801 e. The lowest BCUT2D eigenvalue weighted by atomic mass is 10.1. The van der Waals surface area contributed by atoms with E-state index < -0.39 is 0 Å². The number of thiazole rings is 1. The van der Waals surface area contributed by atoms with Crippen LogP contribution in [0.4, 0.5) is 0 Å². The van der Waals surface area contributed by atoms with Crippen LogP contribution in [0, 0.1) is 13.8 Å². The number of hydrogen-bond acceptors (Lipinski definition) is 2. The van der Waals surface area contributed by atoms with Crippen molar-refractivity contribution in [1.82, 2.24) is 4.98 Å². The summed E-state index contributed by atoms with van der Waals surface area (Å²) in [6.45, 7) is 4.19. The van der Waals surface area contributed by atoms with Gasteiger partial charge in [-0.3, -0.25) is 0 Å². The molecule has 0 aliphatic carbocycles. The van der Waals surface area contributed by atoms with E-state index in [1.54, 1.807) is 11.3 Å². The van der Waals surface area contributed by atoms with Gasteiger partial charge in [0.05, 0.1) is 16.1 Å². The van der Waals surface area contributed by atoms with E-state index in [9.17, 15) is 0 Å². The lowest BCUT2D eigenvalue weighted by Crippen LogP contribution is -1.81. The van der Waals surface area contributed by atoms with Crippen LogP contribution >= 0.6 is 11.3 Å². The largest absolute Gasteiger partial charge is 0.249 e. The first-order valence-electron chi connectivity index (χ1n) is 4.25. The Hall–Kier alpha value is -1.15. The van der Waals surface area contributed by atoms with Crippen LogP contribution in [0.3, 0.4) is 0 Å². The average molecular weight is 189 g/mol. The second-order valence-electron chi connectivity index (χ2n) is 3.08. The first-order valence-corrected chi connectivity index (χ1v) is 5.13. The van der Waals surface area contributed by atoms with E-state index in [-0.39, 0.29) is 0 Å². The molecule has 1 aromatic heterocycles. The molecule has 0 aliphatic heterocycles. The standard InChI is InChI=1S/C11H11NS/c1-8-5-3-4-6-10(8)11-9(2)12-7-13-11/h3-7H,1-2H3. The van der Waals surface area contributed by atoms with Crippen LogP contribution in [0.5, 0.6) is 0 Å². The molecule has 13 heavy (non-hydrogen) atoms.